The van der Waals surface area contributed by atoms with Crippen LogP contribution in [-0.2, 0) is 10.0 Å². The molecule has 4 heterocycles. The number of halogens is 1. The maximum absolute atomic E-state index is 14.3. The zero-order valence-corrected chi connectivity index (χ0v) is 23.9. The summed E-state index contributed by atoms with van der Waals surface area (Å²) in [6.45, 7) is 6.42. The number of carbonyl (C=O) groups excluding carboxylic acids is 1. The van der Waals surface area contributed by atoms with Crippen molar-refractivity contribution >= 4 is 21.7 Å². The standard InChI is InChI=1S/C28H39FN6O3S/c1-20-26(30-19-31-27(20)35-13-8-21(18-35)24-6-4-5-7-25(24)29)28(36)34-16-11-23(12-17-34)33-14-9-22(10-15-33)32(2)39(3,37)38/h4-7,19,21-23H,8-18H2,1-3H3. The monoisotopic (exact) mass is 558 g/mol. The number of hydrogen-bond acceptors (Lipinski definition) is 7. The lowest BCUT2D eigenvalue weighted by Crippen LogP contribution is -2.52. The molecule has 0 spiro atoms. The van der Waals surface area contributed by atoms with Gasteiger partial charge in [0.25, 0.3) is 5.91 Å². The lowest BCUT2D eigenvalue weighted by Gasteiger charge is -2.43. The van der Waals surface area contributed by atoms with Crippen molar-refractivity contribution in [1.29, 1.82) is 0 Å². The minimum Gasteiger partial charge on any atom is -0.356 e. The quantitative estimate of drug-likeness (QED) is 0.539. The Morgan fingerprint density at radius 3 is 2.36 bits per heavy atom. The second-order valence-corrected chi connectivity index (χ2v) is 13.2. The Bertz CT molecular complexity index is 1290. The van der Waals surface area contributed by atoms with E-state index in [4.69, 9.17) is 0 Å². The number of rotatable bonds is 6. The van der Waals surface area contributed by atoms with E-state index in [0.29, 0.717) is 31.4 Å². The van der Waals surface area contributed by atoms with Gasteiger partial charge in [0.1, 0.15) is 23.7 Å². The van der Waals surface area contributed by atoms with Crippen LogP contribution in [0.15, 0.2) is 30.6 Å². The molecule has 3 fully saturated rings. The lowest BCUT2D eigenvalue weighted by molar-refractivity contribution is 0.0542. The lowest BCUT2D eigenvalue weighted by atomic mass is 9.97. The smallest absolute Gasteiger partial charge is 0.272 e. The Kier molecular flexibility index (Phi) is 8.21. The molecule has 11 heteroatoms. The van der Waals surface area contributed by atoms with Crippen LogP contribution in [0.1, 0.15) is 59.6 Å². The number of sulfonamides is 1. The predicted molar refractivity (Wildman–Crippen MR) is 149 cm³/mol. The van der Waals surface area contributed by atoms with Crippen LogP contribution in [0, 0.1) is 12.7 Å². The fourth-order valence-corrected chi connectivity index (χ4v) is 7.21. The van der Waals surface area contributed by atoms with E-state index in [1.807, 2.05) is 24.0 Å². The van der Waals surface area contributed by atoms with Crippen molar-refractivity contribution in [3.05, 3.63) is 53.2 Å². The summed E-state index contributed by atoms with van der Waals surface area (Å²) < 4.78 is 39.6. The zero-order chi connectivity index (χ0) is 27.7. The van der Waals surface area contributed by atoms with E-state index in [-0.39, 0.29) is 23.7 Å². The van der Waals surface area contributed by atoms with E-state index in [1.165, 1.54) is 23.0 Å². The number of benzene rings is 1. The molecule has 212 valence electrons. The van der Waals surface area contributed by atoms with Gasteiger partial charge in [-0.3, -0.25) is 4.79 Å². The number of aromatic nitrogens is 2. The molecular weight excluding hydrogens is 519 g/mol. The van der Waals surface area contributed by atoms with Crippen LogP contribution in [0.4, 0.5) is 10.2 Å². The maximum Gasteiger partial charge on any atom is 0.272 e. The van der Waals surface area contributed by atoms with Crippen LogP contribution in [-0.4, -0.2) is 103 Å². The molecule has 1 unspecified atom stereocenters. The van der Waals surface area contributed by atoms with Crippen molar-refractivity contribution < 1.29 is 17.6 Å². The SMILES string of the molecule is Cc1c(C(=O)N2CCC(N3CCC(N(C)S(C)(=O)=O)CC3)CC2)ncnc1N1CCC(c2ccccc2F)C1. The number of nitrogens with zero attached hydrogens (tertiary/aromatic N) is 6. The second-order valence-electron chi connectivity index (χ2n) is 11.2. The number of likely N-dealkylation sites (tertiary alicyclic amines) is 2. The summed E-state index contributed by atoms with van der Waals surface area (Å²) in [5.74, 6) is 0.612. The largest absolute Gasteiger partial charge is 0.356 e. The fourth-order valence-electron chi connectivity index (χ4n) is 6.46. The minimum atomic E-state index is -3.18. The van der Waals surface area contributed by atoms with Crippen LogP contribution in [0.25, 0.3) is 0 Å². The molecule has 39 heavy (non-hydrogen) atoms. The minimum absolute atomic E-state index is 0.0606. The Labute approximate surface area is 231 Å². The molecule has 3 aliphatic heterocycles. The van der Waals surface area contributed by atoms with Gasteiger partial charge in [0.05, 0.1) is 6.26 Å². The summed E-state index contributed by atoms with van der Waals surface area (Å²) in [7, 11) is -1.50. The second kappa shape index (κ2) is 11.5. The Hall–Kier alpha value is -2.63. The molecule has 3 saturated heterocycles. The molecule has 5 rings (SSSR count). The summed E-state index contributed by atoms with van der Waals surface area (Å²) >= 11 is 0. The molecule has 2 aromatic rings. The summed E-state index contributed by atoms with van der Waals surface area (Å²) in [6, 6.07) is 7.41. The third-order valence-corrected chi connectivity index (χ3v) is 10.2. The van der Waals surface area contributed by atoms with Crippen LogP contribution in [0.3, 0.4) is 0 Å². The number of carbonyl (C=O) groups is 1. The van der Waals surface area contributed by atoms with E-state index in [0.717, 1.165) is 68.7 Å². The molecule has 3 aliphatic rings. The molecule has 1 aromatic heterocycles. The van der Waals surface area contributed by atoms with E-state index < -0.39 is 10.0 Å². The topological polar surface area (TPSA) is 90.0 Å². The van der Waals surface area contributed by atoms with Gasteiger partial charge in [-0.2, -0.15) is 0 Å². The highest BCUT2D eigenvalue weighted by Gasteiger charge is 2.34. The van der Waals surface area contributed by atoms with Crippen molar-refractivity contribution in [2.75, 3.05) is 57.5 Å². The summed E-state index contributed by atoms with van der Waals surface area (Å²) in [5, 5.41) is 0. The van der Waals surface area contributed by atoms with Crippen molar-refractivity contribution in [3.8, 4) is 0 Å². The van der Waals surface area contributed by atoms with Crippen LogP contribution >= 0.6 is 0 Å². The van der Waals surface area contributed by atoms with Gasteiger partial charge in [-0.1, -0.05) is 18.2 Å². The Morgan fingerprint density at radius 2 is 1.69 bits per heavy atom. The highest BCUT2D eigenvalue weighted by molar-refractivity contribution is 7.88. The van der Waals surface area contributed by atoms with Gasteiger partial charge in [-0.05, 0) is 63.7 Å². The zero-order valence-electron chi connectivity index (χ0n) is 23.1. The predicted octanol–water partition coefficient (Wildman–Crippen LogP) is 2.88. The molecule has 0 bridgehead atoms. The van der Waals surface area contributed by atoms with E-state index in [1.54, 1.807) is 13.1 Å². The highest BCUT2D eigenvalue weighted by Crippen LogP contribution is 2.33. The van der Waals surface area contributed by atoms with Crippen molar-refractivity contribution in [1.82, 2.24) is 24.1 Å². The number of anilines is 1. The van der Waals surface area contributed by atoms with E-state index >= 15 is 0 Å². The maximum atomic E-state index is 14.3. The molecule has 1 amide bonds. The number of piperidine rings is 2. The van der Waals surface area contributed by atoms with Crippen molar-refractivity contribution in [2.45, 2.75) is 57.0 Å². The Balaban J connectivity index is 1.17. The Morgan fingerprint density at radius 1 is 1.00 bits per heavy atom. The first-order valence-corrected chi connectivity index (χ1v) is 15.8. The number of hydrogen-bond donors (Lipinski definition) is 0. The van der Waals surface area contributed by atoms with Crippen molar-refractivity contribution in [2.24, 2.45) is 0 Å². The first kappa shape index (κ1) is 27.9. The van der Waals surface area contributed by atoms with Gasteiger partial charge < -0.3 is 14.7 Å². The first-order valence-electron chi connectivity index (χ1n) is 13.9. The molecule has 0 N–H and O–H groups in total. The average Bonchev–Trinajstić information content (AvgIpc) is 3.42. The summed E-state index contributed by atoms with van der Waals surface area (Å²) in [4.78, 5) is 28.9. The molecule has 1 aromatic carbocycles. The van der Waals surface area contributed by atoms with Crippen molar-refractivity contribution in [3.63, 3.8) is 0 Å². The molecule has 9 nitrogen and oxygen atoms in total. The molecular formula is C28H39FN6O3S. The van der Waals surface area contributed by atoms with Crippen LogP contribution < -0.4 is 4.90 Å². The van der Waals surface area contributed by atoms with Crippen LogP contribution in [0.2, 0.25) is 0 Å². The third-order valence-electron chi connectivity index (χ3n) is 8.90. The number of amides is 1. The molecule has 0 aliphatic carbocycles. The summed E-state index contributed by atoms with van der Waals surface area (Å²) in [5.41, 5.74) is 1.95. The van der Waals surface area contributed by atoms with Gasteiger partial charge >= 0.3 is 0 Å². The van der Waals surface area contributed by atoms with Gasteiger partial charge in [0.15, 0.2) is 0 Å². The molecule has 0 saturated carbocycles. The molecule has 0 radical (unpaired) electrons. The van der Waals surface area contributed by atoms with Gasteiger partial charge in [0.2, 0.25) is 10.0 Å². The first-order chi connectivity index (χ1) is 18.6. The van der Waals surface area contributed by atoms with Gasteiger partial charge in [-0.15, -0.1) is 0 Å². The average molecular weight is 559 g/mol. The third kappa shape index (κ3) is 5.95. The summed E-state index contributed by atoms with van der Waals surface area (Å²) in [6.07, 6.45) is 7.03. The highest BCUT2D eigenvalue weighted by atomic mass is 32.2. The fraction of sp³-hybridized carbons (Fsp3) is 0.607. The van der Waals surface area contributed by atoms with Gasteiger partial charge in [-0.25, -0.2) is 27.1 Å². The van der Waals surface area contributed by atoms with E-state index in [2.05, 4.69) is 19.8 Å². The van der Waals surface area contributed by atoms with E-state index in [9.17, 15) is 17.6 Å². The molecule has 1 atom stereocenters. The normalized spacial score (nSPS) is 22.1. The van der Waals surface area contributed by atoms with Crippen LogP contribution in [0.5, 0.6) is 0 Å². The van der Waals surface area contributed by atoms with Gasteiger partial charge in [0, 0.05) is 56.8 Å².